The van der Waals surface area contributed by atoms with Gasteiger partial charge in [-0.3, -0.25) is 0 Å². The van der Waals surface area contributed by atoms with E-state index in [1.165, 1.54) is 25.7 Å². The first-order valence-corrected chi connectivity index (χ1v) is 5.98. The third-order valence-electron chi connectivity index (χ3n) is 2.57. The molecule has 0 rings (SSSR count). The normalized spacial score (nSPS) is 13.8. The zero-order chi connectivity index (χ0) is 11.5. The molecule has 0 saturated carbocycles. The molecular formula is C14H24O. The Morgan fingerprint density at radius 3 is 2.60 bits per heavy atom. The van der Waals surface area contributed by atoms with Crippen molar-refractivity contribution in [2.75, 3.05) is 0 Å². The van der Waals surface area contributed by atoms with Gasteiger partial charge in [0.1, 0.15) is 0 Å². The SMILES string of the molecule is C=C[C@@H](C)[C@@H](O)CC#CCCCCCC. The van der Waals surface area contributed by atoms with Gasteiger partial charge in [0.2, 0.25) is 0 Å². The zero-order valence-electron chi connectivity index (χ0n) is 10.1. The minimum atomic E-state index is -0.356. The highest BCUT2D eigenvalue weighted by atomic mass is 16.3. The van der Waals surface area contributed by atoms with Crippen LogP contribution in [0.25, 0.3) is 0 Å². The Morgan fingerprint density at radius 2 is 2.00 bits per heavy atom. The molecule has 0 aliphatic carbocycles. The summed E-state index contributed by atoms with van der Waals surface area (Å²) in [6.45, 7) is 7.82. The average molecular weight is 208 g/mol. The van der Waals surface area contributed by atoms with Gasteiger partial charge in [0, 0.05) is 18.8 Å². The monoisotopic (exact) mass is 208 g/mol. The molecule has 0 spiro atoms. The summed E-state index contributed by atoms with van der Waals surface area (Å²) in [7, 11) is 0. The molecule has 2 atom stereocenters. The zero-order valence-corrected chi connectivity index (χ0v) is 10.1. The number of hydrogen-bond donors (Lipinski definition) is 1. The van der Waals surface area contributed by atoms with Crippen LogP contribution >= 0.6 is 0 Å². The van der Waals surface area contributed by atoms with E-state index in [0.717, 1.165) is 6.42 Å². The summed E-state index contributed by atoms with van der Waals surface area (Å²) in [5, 5.41) is 9.58. The highest BCUT2D eigenvalue weighted by Crippen LogP contribution is 2.07. The van der Waals surface area contributed by atoms with Gasteiger partial charge in [-0.2, -0.15) is 0 Å². The van der Waals surface area contributed by atoms with Crippen molar-refractivity contribution >= 4 is 0 Å². The van der Waals surface area contributed by atoms with Crippen molar-refractivity contribution in [1.82, 2.24) is 0 Å². The maximum Gasteiger partial charge on any atom is 0.0709 e. The van der Waals surface area contributed by atoms with E-state index in [2.05, 4.69) is 25.3 Å². The highest BCUT2D eigenvalue weighted by molar-refractivity contribution is 5.01. The molecule has 1 N–H and O–H groups in total. The molecule has 0 aromatic heterocycles. The number of rotatable bonds is 7. The molecule has 86 valence electrons. The van der Waals surface area contributed by atoms with Crippen molar-refractivity contribution < 1.29 is 5.11 Å². The van der Waals surface area contributed by atoms with Gasteiger partial charge < -0.3 is 5.11 Å². The van der Waals surface area contributed by atoms with E-state index in [1.54, 1.807) is 6.08 Å². The van der Waals surface area contributed by atoms with Crippen LogP contribution < -0.4 is 0 Å². The molecule has 0 fully saturated rings. The molecule has 0 aliphatic heterocycles. The van der Waals surface area contributed by atoms with Gasteiger partial charge in [0.25, 0.3) is 0 Å². The lowest BCUT2D eigenvalue weighted by molar-refractivity contribution is 0.143. The largest absolute Gasteiger partial charge is 0.392 e. The Morgan fingerprint density at radius 1 is 1.27 bits per heavy atom. The van der Waals surface area contributed by atoms with Gasteiger partial charge in [-0.05, 0) is 6.42 Å². The fraction of sp³-hybridized carbons (Fsp3) is 0.714. The maximum absolute atomic E-state index is 9.58. The Labute approximate surface area is 94.6 Å². The van der Waals surface area contributed by atoms with Crippen molar-refractivity contribution in [3.63, 3.8) is 0 Å². The quantitative estimate of drug-likeness (QED) is 0.385. The van der Waals surface area contributed by atoms with Gasteiger partial charge >= 0.3 is 0 Å². The van der Waals surface area contributed by atoms with Crippen LogP contribution in [0.2, 0.25) is 0 Å². The average Bonchev–Trinajstić information content (AvgIpc) is 2.26. The summed E-state index contributed by atoms with van der Waals surface area (Å²) in [5.74, 6) is 6.28. The van der Waals surface area contributed by atoms with E-state index in [4.69, 9.17) is 0 Å². The number of unbranched alkanes of at least 4 members (excludes halogenated alkanes) is 4. The minimum Gasteiger partial charge on any atom is -0.392 e. The van der Waals surface area contributed by atoms with Gasteiger partial charge in [-0.1, -0.05) is 39.2 Å². The lowest BCUT2D eigenvalue weighted by Crippen LogP contribution is -2.14. The second-order valence-corrected chi connectivity index (χ2v) is 4.03. The summed E-state index contributed by atoms with van der Waals surface area (Å²) in [4.78, 5) is 0. The molecule has 0 heterocycles. The molecule has 1 heteroatoms. The molecule has 15 heavy (non-hydrogen) atoms. The van der Waals surface area contributed by atoms with E-state index >= 15 is 0 Å². The van der Waals surface area contributed by atoms with E-state index in [1.807, 2.05) is 6.92 Å². The van der Waals surface area contributed by atoms with Crippen molar-refractivity contribution in [3.05, 3.63) is 12.7 Å². The van der Waals surface area contributed by atoms with Gasteiger partial charge in [0.05, 0.1) is 6.10 Å². The summed E-state index contributed by atoms with van der Waals surface area (Å²) in [6, 6.07) is 0. The molecule has 0 aromatic carbocycles. The Hall–Kier alpha value is -0.740. The predicted molar refractivity (Wildman–Crippen MR) is 66.5 cm³/mol. The smallest absolute Gasteiger partial charge is 0.0709 e. The fourth-order valence-electron chi connectivity index (χ4n) is 1.25. The van der Waals surface area contributed by atoms with Gasteiger partial charge in [-0.25, -0.2) is 0 Å². The molecule has 0 unspecified atom stereocenters. The first-order chi connectivity index (χ1) is 7.22. The van der Waals surface area contributed by atoms with Crippen molar-refractivity contribution in [3.8, 4) is 11.8 Å². The second-order valence-electron chi connectivity index (χ2n) is 4.03. The number of aliphatic hydroxyl groups is 1. The Bertz CT molecular complexity index is 209. The van der Waals surface area contributed by atoms with Crippen LogP contribution in [0.5, 0.6) is 0 Å². The van der Waals surface area contributed by atoms with E-state index < -0.39 is 0 Å². The Balaban J connectivity index is 3.49. The number of hydrogen-bond acceptors (Lipinski definition) is 1. The predicted octanol–water partition coefficient (Wildman–Crippen LogP) is 3.53. The van der Waals surface area contributed by atoms with Crippen molar-refractivity contribution in [2.45, 2.75) is 58.5 Å². The minimum absolute atomic E-state index is 0.138. The molecule has 1 nitrogen and oxygen atoms in total. The molecule has 0 aliphatic rings. The molecular weight excluding hydrogens is 184 g/mol. The molecule has 0 amide bonds. The first kappa shape index (κ1) is 14.3. The molecule has 0 radical (unpaired) electrons. The second kappa shape index (κ2) is 9.80. The lowest BCUT2D eigenvalue weighted by Gasteiger charge is -2.10. The van der Waals surface area contributed by atoms with Crippen LogP contribution in [0.3, 0.4) is 0 Å². The topological polar surface area (TPSA) is 20.2 Å². The number of aliphatic hydroxyl groups excluding tert-OH is 1. The molecule has 0 bridgehead atoms. The van der Waals surface area contributed by atoms with Crippen LogP contribution in [0.15, 0.2) is 12.7 Å². The molecule has 0 saturated heterocycles. The Kier molecular flexibility index (Phi) is 9.32. The third-order valence-corrected chi connectivity index (χ3v) is 2.57. The summed E-state index contributed by atoms with van der Waals surface area (Å²) in [5.41, 5.74) is 0. The fourth-order valence-corrected chi connectivity index (χ4v) is 1.25. The first-order valence-electron chi connectivity index (χ1n) is 5.98. The lowest BCUT2D eigenvalue weighted by atomic mass is 10.0. The van der Waals surface area contributed by atoms with Gasteiger partial charge in [0.15, 0.2) is 0 Å². The maximum atomic E-state index is 9.58. The summed E-state index contributed by atoms with van der Waals surface area (Å²) in [6.07, 6.45) is 7.99. The summed E-state index contributed by atoms with van der Waals surface area (Å²) < 4.78 is 0. The molecule has 0 aromatic rings. The van der Waals surface area contributed by atoms with Crippen LogP contribution in [0.4, 0.5) is 0 Å². The van der Waals surface area contributed by atoms with Gasteiger partial charge in [-0.15, -0.1) is 18.4 Å². The van der Waals surface area contributed by atoms with Crippen LogP contribution in [-0.4, -0.2) is 11.2 Å². The van der Waals surface area contributed by atoms with Crippen molar-refractivity contribution in [2.24, 2.45) is 5.92 Å². The van der Waals surface area contributed by atoms with Crippen LogP contribution in [0.1, 0.15) is 52.4 Å². The summed E-state index contributed by atoms with van der Waals surface area (Å²) >= 11 is 0. The third kappa shape index (κ3) is 8.27. The highest BCUT2D eigenvalue weighted by Gasteiger charge is 2.07. The van der Waals surface area contributed by atoms with E-state index in [-0.39, 0.29) is 12.0 Å². The van der Waals surface area contributed by atoms with E-state index in [9.17, 15) is 5.11 Å². The van der Waals surface area contributed by atoms with Crippen LogP contribution in [-0.2, 0) is 0 Å². The van der Waals surface area contributed by atoms with E-state index in [0.29, 0.717) is 6.42 Å². The van der Waals surface area contributed by atoms with Crippen LogP contribution in [0, 0.1) is 17.8 Å². The standard InChI is InChI=1S/C14H24O/c1-4-6-7-8-9-10-11-12-14(15)13(3)5-2/h5,13-15H,2,4,6-9,12H2,1,3H3/t13-,14+/m1/s1. The van der Waals surface area contributed by atoms with Crippen molar-refractivity contribution in [1.29, 1.82) is 0 Å².